The van der Waals surface area contributed by atoms with Crippen LogP contribution in [0.1, 0.15) is 21.5 Å². The van der Waals surface area contributed by atoms with E-state index in [1.807, 2.05) is 49.4 Å². The van der Waals surface area contributed by atoms with Gasteiger partial charge in [0.2, 0.25) is 5.88 Å². The molecule has 0 radical (unpaired) electrons. The third kappa shape index (κ3) is 5.25. The third-order valence-corrected chi connectivity index (χ3v) is 4.42. The number of nitrogens with zero attached hydrogens (tertiary/aromatic N) is 1. The van der Waals surface area contributed by atoms with Gasteiger partial charge in [0.05, 0.1) is 14.2 Å². The van der Waals surface area contributed by atoms with Crippen LogP contribution in [0.5, 0.6) is 23.1 Å². The quantitative estimate of drug-likeness (QED) is 0.623. The Balaban J connectivity index is 1.66. The largest absolute Gasteiger partial charge is 0.497 e. The van der Waals surface area contributed by atoms with Crippen LogP contribution in [0.2, 0.25) is 0 Å². The molecule has 0 aliphatic carbocycles. The van der Waals surface area contributed by atoms with Gasteiger partial charge in [0.25, 0.3) is 5.91 Å². The molecule has 3 rings (SSSR count). The second kappa shape index (κ2) is 9.59. The highest BCUT2D eigenvalue weighted by atomic mass is 16.5. The molecule has 3 aromatic rings. The molecule has 0 unspecified atom stereocenters. The number of nitrogens with one attached hydrogen (secondary N) is 1. The van der Waals surface area contributed by atoms with Crippen LogP contribution in [0.25, 0.3) is 0 Å². The molecule has 1 heterocycles. The van der Waals surface area contributed by atoms with Gasteiger partial charge < -0.3 is 19.5 Å². The Morgan fingerprint density at radius 3 is 2.48 bits per heavy atom. The molecule has 0 aliphatic rings. The Morgan fingerprint density at radius 2 is 1.76 bits per heavy atom. The summed E-state index contributed by atoms with van der Waals surface area (Å²) in [6, 6.07) is 16.6. The summed E-state index contributed by atoms with van der Waals surface area (Å²) in [6.45, 7) is 2.43. The predicted octanol–water partition coefficient (Wildman–Crippen LogP) is 4.17. The molecular formula is C23H24N2O4. The summed E-state index contributed by atoms with van der Waals surface area (Å²) in [6.07, 6.45) is 2.20. The first-order chi connectivity index (χ1) is 14.1. The Labute approximate surface area is 170 Å². The summed E-state index contributed by atoms with van der Waals surface area (Å²) >= 11 is 0. The molecule has 6 nitrogen and oxygen atoms in total. The SMILES string of the molecule is COc1ccc(OC)c(CCNC(=O)c2cccnc2Oc2ccc(C)cc2)c1. The summed E-state index contributed by atoms with van der Waals surface area (Å²) in [5.41, 5.74) is 2.46. The van der Waals surface area contributed by atoms with E-state index in [0.29, 0.717) is 24.3 Å². The summed E-state index contributed by atoms with van der Waals surface area (Å²) in [4.78, 5) is 16.9. The highest BCUT2D eigenvalue weighted by molar-refractivity contribution is 5.96. The van der Waals surface area contributed by atoms with Crippen LogP contribution in [0.3, 0.4) is 0 Å². The maximum absolute atomic E-state index is 12.7. The van der Waals surface area contributed by atoms with E-state index in [0.717, 1.165) is 22.6 Å². The minimum atomic E-state index is -0.248. The molecule has 0 spiro atoms. The molecule has 6 heteroatoms. The monoisotopic (exact) mass is 392 g/mol. The van der Waals surface area contributed by atoms with Crippen LogP contribution in [-0.2, 0) is 6.42 Å². The van der Waals surface area contributed by atoms with Gasteiger partial charge >= 0.3 is 0 Å². The summed E-state index contributed by atoms with van der Waals surface area (Å²) in [7, 11) is 3.24. The summed E-state index contributed by atoms with van der Waals surface area (Å²) < 4.78 is 16.5. The van der Waals surface area contributed by atoms with Gasteiger partial charge in [-0.15, -0.1) is 0 Å². The molecule has 0 aliphatic heterocycles. The van der Waals surface area contributed by atoms with Crippen LogP contribution < -0.4 is 19.5 Å². The van der Waals surface area contributed by atoms with Gasteiger partial charge in [-0.1, -0.05) is 17.7 Å². The number of pyridine rings is 1. The third-order valence-electron chi connectivity index (χ3n) is 4.42. The molecule has 29 heavy (non-hydrogen) atoms. The number of aryl methyl sites for hydroxylation is 1. The lowest BCUT2D eigenvalue weighted by atomic mass is 10.1. The average molecular weight is 392 g/mol. The van der Waals surface area contributed by atoms with Crippen molar-refractivity contribution in [2.45, 2.75) is 13.3 Å². The van der Waals surface area contributed by atoms with Crippen molar-refractivity contribution < 1.29 is 19.0 Å². The van der Waals surface area contributed by atoms with E-state index in [1.54, 1.807) is 32.5 Å². The first-order valence-corrected chi connectivity index (χ1v) is 9.29. The lowest BCUT2D eigenvalue weighted by molar-refractivity contribution is 0.0951. The van der Waals surface area contributed by atoms with Crippen molar-refractivity contribution in [2.24, 2.45) is 0 Å². The van der Waals surface area contributed by atoms with E-state index in [1.165, 1.54) is 0 Å². The highest BCUT2D eigenvalue weighted by Crippen LogP contribution is 2.25. The van der Waals surface area contributed by atoms with E-state index in [9.17, 15) is 4.79 Å². The zero-order valence-corrected chi connectivity index (χ0v) is 16.8. The van der Waals surface area contributed by atoms with Crippen LogP contribution in [0, 0.1) is 6.92 Å². The van der Waals surface area contributed by atoms with E-state index in [-0.39, 0.29) is 11.8 Å². The summed E-state index contributed by atoms with van der Waals surface area (Å²) in [5.74, 6) is 2.15. The van der Waals surface area contributed by atoms with E-state index in [2.05, 4.69) is 10.3 Å². The minimum Gasteiger partial charge on any atom is -0.497 e. The van der Waals surface area contributed by atoms with Crippen molar-refractivity contribution >= 4 is 5.91 Å². The standard InChI is InChI=1S/C23H24N2O4/c1-16-6-8-18(9-7-16)29-23-20(5-4-13-25-23)22(26)24-14-12-17-15-19(27-2)10-11-21(17)28-3/h4-11,13,15H,12,14H2,1-3H3,(H,24,26). The molecule has 0 fully saturated rings. The van der Waals surface area contributed by atoms with Gasteiger partial charge in [0.15, 0.2) is 0 Å². The van der Waals surface area contributed by atoms with E-state index < -0.39 is 0 Å². The second-order valence-corrected chi connectivity index (χ2v) is 6.45. The molecule has 0 atom stereocenters. The minimum absolute atomic E-state index is 0.248. The number of amides is 1. The topological polar surface area (TPSA) is 69.7 Å². The van der Waals surface area contributed by atoms with Crippen molar-refractivity contribution in [3.63, 3.8) is 0 Å². The van der Waals surface area contributed by atoms with Crippen LogP contribution in [0.15, 0.2) is 60.8 Å². The fourth-order valence-electron chi connectivity index (χ4n) is 2.85. The number of hydrogen-bond donors (Lipinski definition) is 1. The zero-order chi connectivity index (χ0) is 20.6. The van der Waals surface area contributed by atoms with Gasteiger partial charge in [0.1, 0.15) is 22.8 Å². The van der Waals surface area contributed by atoms with Crippen LogP contribution in [0.4, 0.5) is 0 Å². The van der Waals surface area contributed by atoms with Gasteiger partial charge in [-0.25, -0.2) is 4.98 Å². The smallest absolute Gasteiger partial charge is 0.256 e. The highest BCUT2D eigenvalue weighted by Gasteiger charge is 2.14. The molecule has 1 aromatic heterocycles. The molecule has 1 N–H and O–H groups in total. The van der Waals surface area contributed by atoms with Crippen molar-refractivity contribution in [2.75, 3.05) is 20.8 Å². The van der Waals surface area contributed by atoms with Crippen molar-refractivity contribution in [3.05, 3.63) is 77.5 Å². The Bertz CT molecular complexity index is 971. The van der Waals surface area contributed by atoms with Crippen LogP contribution in [-0.4, -0.2) is 31.7 Å². The van der Waals surface area contributed by atoms with Crippen LogP contribution >= 0.6 is 0 Å². The van der Waals surface area contributed by atoms with E-state index in [4.69, 9.17) is 14.2 Å². The average Bonchev–Trinajstić information content (AvgIpc) is 2.75. The lowest BCUT2D eigenvalue weighted by Gasteiger charge is -2.12. The van der Waals surface area contributed by atoms with Gasteiger partial charge in [0, 0.05) is 12.7 Å². The Hall–Kier alpha value is -3.54. The zero-order valence-electron chi connectivity index (χ0n) is 16.8. The Kier molecular flexibility index (Phi) is 6.68. The number of hydrogen-bond acceptors (Lipinski definition) is 5. The molecule has 0 saturated carbocycles. The molecule has 1 amide bonds. The fraction of sp³-hybridized carbons (Fsp3) is 0.217. The van der Waals surface area contributed by atoms with Gasteiger partial charge in [-0.05, 0) is 61.4 Å². The fourth-order valence-corrected chi connectivity index (χ4v) is 2.85. The number of benzene rings is 2. The predicted molar refractivity (Wildman–Crippen MR) is 111 cm³/mol. The normalized spacial score (nSPS) is 10.3. The number of carbonyl (C=O) groups is 1. The second-order valence-electron chi connectivity index (χ2n) is 6.45. The Morgan fingerprint density at radius 1 is 1.00 bits per heavy atom. The molecule has 0 saturated heterocycles. The van der Waals surface area contributed by atoms with E-state index >= 15 is 0 Å². The molecule has 150 valence electrons. The molecular weight excluding hydrogens is 368 g/mol. The van der Waals surface area contributed by atoms with Crippen molar-refractivity contribution in [1.82, 2.24) is 10.3 Å². The maximum Gasteiger partial charge on any atom is 0.256 e. The molecule has 0 bridgehead atoms. The van der Waals surface area contributed by atoms with Crippen molar-refractivity contribution in [1.29, 1.82) is 0 Å². The van der Waals surface area contributed by atoms with Gasteiger partial charge in [-0.2, -0.15) is 0 Å². The number of methoxy groups -OCH3 is 2. The maximum atomic E-state index is 12.7. The lowest BCUT2D eigenvalue weighted by Crippen LogP contribution is -2.26. The summed E-state index contributed by atoms with van der Waals surface area (Å²) in [5, 5.41) is 2.92. The van der Waals surface area contributed by atoms with Crippen molar-refractivity contribution in [3.8, 4) is 23.1 Å². The number of aromatic nitrogens is 1. The first-order valence-electron chi connectivity index (χ1n) is 9.29. The van der Waals surface area contributed by atoms with Gasteiger partial charge in [-0.3, -0.25) is 4.79 Å². The number of ether oxygens (including phenoxy) is 3. The molecule has 2 aromatic carbocycles. The number of rotatable bonds is 8. The first kappa shape index (κ1) is 20.2. The number of carbonyl (C=O) groups excluding carboxylic acids is 1.